The van der Waals surface area contributed by atoms with Gasteiger partial charge in [-0.2, -0.15) is 5.10 Å². The van der Waals surface area contributed by atoms with E-state index in [1.165, 1.54) is 10.7 Å². The third-order valence-electron chi connectivity index (χ3n) is 7.08. The first-order chi connectivity index (χ1) is 16.2. The van der Waals surface area contributed by atoms with Crippen LogP contribution in [0.25, 0.3) is 0 Å². The summed E-state index contributed by atoms with van der Waals surface area (Å²) in [5.74, 6) is -0.424. The van der Waals surface area contributed by atoms with Crippen LogP contribution in [0.15, 0.2) is 30.3 Å². The minimum absolute atomic E-state index is 0.0754. The van der Waals surface area contributed by atoms with Gasteiger partial charge in [-0.3, -0.25) is 14.3 Å². The van der Waals surface area contributed by atoms with E-state index in [9.17, 15) is 14.4 Å². The molecule has 2 heterocycles. The number of hydrogen-bond acceptors (Lipinski definition) is 5. The average molecular weight is 467 g/mol. The summed E-state index contributed by atoms with van der Waals surface area (Å²) in [6.45, 7) is 8.41. The molecule has 1 aliphatic heterocycles. The van der Waals surface area contributed by atoms with Crippen LogP contribution in [0.5, 0.6) is 0 Å². The van der Waals surface area contributed by atoms with Crippen LogP contribution in [-0.2, 0) is 22.6 Å². The van der Waals surface area contributed by atoms with Gasteiger partial charge in [-0.1, -0.05) is 36.8 Å². The highest BCUT2D eigenvalue weighted by Crippen LogP contribution is 2.31. The average Bonchev–Trinajstić information content (AvgIpc) is 3.23. The highest BCUT2D eigenvalue weighted by molar-refractivity contribution is 6.01. The molecule has 2 aliphatic rings. The summed E-state index contributed by atoms with van der Waals surface area (Å²) in [6.07, 6.45) is 4.05. The van der Waals surface area contributed by atoms with Gasteiger partial charge in [0.2, 0.25) is 5.91 Å². The topological polar surface area (TPSA) is 93.5 Å². The van der Waals surface area contributed by atoms with Crippen molar-refractivity contribution in [3.63, 3.8) is 0 Å². The second kappa shape index (κ2) is 9.60. The summed E-state index contributed by atoms with van der Waals surface area (Å²) in [7, 11) is 0. The summed E-state index contributed by atoms with van der Waals surface area (Å²) in [5, 5.41) is 7.53. The first-order valence-electron chi connectivity index (χ1n) is 12.1. The number of esters is 1. The number of fused-ring (bicyclic) bond motifs is 1. The number of aromatic nitrogens is 2. The van der Waals surface area contributed by atoms with Crippen LogP contribution in [0, 0.1) is 12.8 Å². The van der Waals surface area contributed by atoms with E-state index in [0.717, 1.165) is 36.8 Å². The van der Waals surface area contributed by atoms with Gasteiger partial charge in [0.05, 0.1) is 13.2 Å². The van der Waals surface area contributed by atoms with Gasteiger partial charge in [0.25, 0.3) is 5.91 Å². The van der Waals surface area contributed by atoms with Crippen molar-refractivity contribution >= 4 is 17.8 Å². The first-order valence-corrected chi connectivity index (χ1v) is 12.1. The van der Waals surface area contributed by atoms with E-state index in [-0.39, 0.29) is 48.9 Å². The van der Waals surface area contributed by atoms with Crippen molar-refractivity contribution < 1.29 is 19.1 Å². The summed E-state index contributed by atoms with van der Waals surface area (Å²) >= 11 is 0. The Kier molecular flexibility index (Phi) is 6.77. The fourth-order valence-electron chi connectivity index (χ4n) is 4.82. The first kappa shape index (κ1) is 24.0. The quantitative estimate of drug-likeness (QED) is 0.658. The molecule has 182 valence electrons. The predicted molar refractivity (Wildman–Crippen MR) is 127 cm³/mol. The summed E-state index contributed by atoms with van der Waals surface area (Å²) in [4.78, 5) is 41.2. The van der Waals surface area contributed by atoms with Gasteiger partial charge < -0.3 is 15.0 Å². The molecule has 0 saturated heterocycles. The maximum Gasteiger partial charge on any atom is 0.358 e. The van der Waals surface area contributed by atoms with E-state index in [0.29, 0.717) is 5.92 Å². The van der Waals surface area contributed by atoms with Gasteiger partial charge in [-0.25, -0.2) is 4.79 Å². The highest BCUT2D eigenvalue weighted by atomic mass is 16.5. The van der Waals surface area contributed by atoms with Crippen LogP contribution < -0.4 is 5.32 Å². The Morgan fingerprint density at radius 2 is 1.85 bits per heavy atom. The van der Waals surface area contributed by atoms with E-state index < -0.39 is 11.5 Å². The molecule has 1 atom stereocenters. The molecule has 1 N–H and O–H groups in total. The minimum Gasteiger partial charge on any atom is -0.461 e. The fourth-order valence-corrected chi connectivity index (χ4v) is 4.82. The lowest BCUT2D eigenvalue weighted by Gasteiger charge is -2.44. The molecule has 1 unspecified atom stereocenters. The molecule has 1 fully saturated rings. The molecule has 1 aliphatic carbocycles. The van der Waals surface area contributed by atoms with Gasteiger partial charge in [0.1, 0.15) is 11.2 Å². The zero-order valence-electron chi connectivity index (χ0n) is 20.5. The molecule has 0 spiro atoms. The standard InChI is InChI=1S/C26H34N4O4/c1-5-34-24(32)21-14-22-23(31)29(15-19-10-6-17(2)7-11-19)26(4,16-30(22)28-21)25(33)27-20-12-8-18(3)9-13-20/h6-7,10-11,14,18,20H,5,8-9,12-13,15-16H2,1-4H3,(H,27,33). The molecule has 8 nitrogen and oxygen atoms in total. The van der Waals surface area contributed by atoms with Crippen LogP contribution in [0.2, 0.25) is 0 Å². The molecular weight excluding hydrogens is 432 g/mol. The highest BCUT2D eigenvalue weighted by Gasteiger charge is 2.48. The van der Waals surface area contributed by atoms with Gasteiger partial charge >= 0.3 is 5.97 Å². The number of carbonyl (C=O) groups excluding carboxylic acids is 3. The smallest absolute Gasteiger partial charge is 0.358 e. The lowest BCUT2D eigenvalue weighted by Crippen LogP contribution is -2.64. The van der Waals surface area contributed by atoms with Crippen molar-refractivity contribution in [2.45, 2.75) is 78.0 Å². The van der Waals surface area contributed by atoms with E-state index >= 15 is 0 Å². The summed E-state index contributed by atoms with van der Waals surface area (Å²) in [5.41, 5.74) is 1.26. The van der Waals surface area contributed by atoms with Crippen molar-refractivity contribution in [3.05, 3.63) is 52.8 Å². The normalized spacial score (nSPS) is 24.5. The maximum atomic E-state index is 13.7. The van der Waals surface area contributed by atoms with Gasteiger partial charge in [-0.15, -0.1) is 0 Å². The third kappa shape index (κ3) is 4.72. The van der Waals surface area contributed by atoms with Crippen LogP contribution in [0.4, 0.5) is 0 Å². The lowest BCUT2D eigenvalue weighted by molar-refractivity contribution is -0.134. The molecule has 1 aromatic carbocycles. The molecule has 8 heteroatoms. The molecule has 0 radical (unpaired) electrons. The molecule has 1 saturated carbocycles. The third-order valence-corrected chi connectivity index (χ3v) is 7.08. The van der Waals surface area contributed by atoms with Crippen molar-refractivity contribution in [3.8, 4) is 0 Å². The number of nitrogens with zero attached hydrogens (tertiary/aromatic N) is 3. The Morgan fingerprint density at radius 1 is 1.18 bits per heavy atom. The van der Waals surface area contributed by atoms with E-state index in [4.69, 9.17) is 4.74 Å². The predicted octanol–water partition coefficient (Wildman–Crippen LogP) is 3.48. The molecule has 2 aromatic rings. The maximum absolute atomic E-state index is 13.7. The zero-order valence-corrected chi connectivity index (χ0v) is 20.5. The summed E-state index contributed by atoms with van der Waals surface area (Å²) in [6, 6.07) is 9.49. The van der Waals surface area contributed by atoms with E-state index in [2.05, 4.69) is 17.3 Å². The van der Waals surface area contributed by atoms with Crippen LogP contribution >= 0.6 is 0 Å². The van der Waals surface area contributed by atoms with Crippen molar-refractivity contribution in [1.82, 2.24) is 20.0 Å². The second-order valence-corrected chi connectivity index (χ2v) is 9.87. The Hall–Kier alpha value is -3.16. The number of ether oxygens (including phenoxy) is 1. The summed E-state index contributed by atoms with van der Waals surface area (Å²) < 4.78 is 6.54. The van der Waals surface area contributed by atoms with E-state index in [1.54, 1.807) is 18.7 Å². The minimum atomic E-state index is -1.16. The number of hydrogen-bond donors (Lipinski definition) is 1. The lowest BCUT2D eigenvalue weighted by atomic mass is 9.86. The van der Waals surface area contributed by atoms with Crippen LogP contribution in [-0.4, -0.2) is 50.7 Å². The molecule has 34 heavy (non-hydrogen) atoms. The van der Waals surface area contributed by atoms with Crippen molar-refractivity contribution in [2.75, 3.05) is 6.61 Å². The van der Waals surface area contributed by atoms with Gasteiger partial charge in [0, 0.05) is 18.7 Å². The number of nitrogens with one attached hydrogen (secondary N) is 1. The van der Waals surface area contributed by atoms with Crippen LogP contribution in [0.1, 0.15) is 78.6 Å². The Balaban J connectivity index is 1.66. The molecule has 4 rings (SSSR count). The monoisotopic (exact) mass is 466 g/mol. The van der Waals surface area contributed by atoms with Gasteiger partial charge in [0.15, 0.2) is 5.69 Å². The van der Waals surface area contributed by atoms with Crippen LogP contribution in [0.3, 0.4) is 0 Å². The molecular formula is C26H34N4O4. The number of aryl methyl sites for hydroxylation is 1. The number of rotatable bonds is 6. The van der Waals surface area contributed by atoms with Crippen molar-refractivity contribution in [1.29, 1.82) is 0 Å². The number of carbonyl (C=O) groups is 3. The fraction of sp³-hybridized carbons (Fsp3) is 0.538. The Bertz CT molecular complexity index is 1070. The molecule has 2 amide bonds. The van der Waals surface area contributed by atoms with Gasteiger partial charge in [-0.05, 0) is 57.9 Å². The van der Waals surface area contributed by atoms with Crippen molar-refractivity contribution in [2.24, 2.45) is 5.92 Å². The second-order valence-electron chi connectivity index (χ2n) is 9.87. The molecule has 0 bridgehead atoms. The zero-order chi connectivity index (χ0) is 24.5. The van der Waals surface area contributed by atoms with E-state index in [1.807, 2.05) is 31.2 Å². The Morgan fingerprint density at radius 3 is 2.50 bits per heavy atom. The SMILES string of the molecule is CCOC(=O)c1cc2n(n1)CC(C)(C(=O)NC1CCC(C)CC1)N(Cc1ccc(C)cc1)C2=O. The largest absolute Gasteiger partial charge is 0.461 e. The number of amides is 2. The Labute approximate surface area is 200 Å². The molecule has 1 aromatic heterocycles. The number of benzene rings is 1.